The second kappa shape index (κ2) is 12.4. The quantitative estimate of drug-likeness (QED) is 0.292. The molecule has 1 aromatic heterocycles. The highest BCUT2D eigenvalue weighted by Crippen LogP contribution is 2.31. The number of rotatable bonds is 13. The van der Waals surface area contributed by atoms with Gasteiger partial charge in [0, 0.05) is 23.8 Å². The van der Waals surface area contributed by atoms with Gasteiger partial charge in [0.15, 0.2) is 5.79 Å². The van der Waals surface area contributed by atoms with Crippen molar-refractivity contribution >= 4 is 11.6 Å². The zero-order chi connectivity index (χ0) is 23.6. The number of imidazole rings is 1. The Morgan fingerprint density at radius 3 is 2.65 bits per heavy atom. The molecular weight excluding hydrogens is 452 g/mol. The summed E-state index contributed by atoms with van der Waals surface area (Å²) in [6.45, 7) is 4.98. The molecule has 0 amide bonds. The summed E-state index contributed by atoms with van der Waals surface area (Å²) in [6, 6.07) is 16.0. The minimum absolute atomic E-state index is 0.120. The number of aromatic nitrogens is 2. The maximum Gasteiger partial charge on any atom is 0.187 e. The van der Waals surface area contributed by atoms with Crippen molar-refractivity contribution in [2.24, 2.45) is 0 Å². The molecule has 2 unspecified atom stereocenters. The Hall–Kier alpha value is -2.38. The number of halogens is 1. The average molecular weight is 485 g/mol. The highest BCUT2D eigenvalue weighted by molar-refractivity contribution is 6.30. The van der Waals surface area contributed by atoms with Gasteiger partial charge < -0.3 is 23.5 Å². The van der Waals surface area contributed by atoms with Crippen molar-refractivity contribution in [1.29, 1.82) is 0 Å². The maximum absolute atomic E-state index is 6.45. The topological polar surface area (TPSA) is 54.7 Å². The number of benzene rings is 2. The molecule has 0 radical (unpaired) electrons. The second-order valence-electron chi connectivity index (χ2n) is 8.68. The van der Waals surface area contributed by atoms with E-state index in [1.807, 2.05) is 47.2 Å². The first-order chi connectivity index (χ1) is 16.6. The van der Waals surface area contributed by atoms with Crippen LogP contribution in [0.4, 0.5) is 0 Å². The fourth-order valence-electron chi connectivity index (χ4n) is 3.96. The van der Waals surface area contributed by atoms with Crippen LogP contribution in [0.2, 0.25) is 5.02 Å². The van der Waals surface area contributed by atoms with E-state index < -0.39 is 5.79 Å². The molecule has 0 N–H and O–H groups in total. The van der Waals surface area contributed by atoms with E-state index in [1.165, 1.54) is 5.56 Å². The van der Waals surface area contributed by atoms with Gasteiger partial charge in [-0.1, -0.05) is 49.2 Å². The maximum atomic E-state index is 6.45. The first-order valence-corrected chi connectivity index (χ1v) is 12.3. The van der Waals surface area contributed by atoms with E-state index in [-0.39, 0.29) is 6.10 Å². The van der Waals surface area contributed by atoms with Gasteiger partial charge >= 0.3 is 0 Å². The molecule has 0 saturated carbocycles. The summed E-state index contributed by atoms with van der Waals surface area (Å²) in [5.74, 6) is 0.197. The number of nitrogens with zero attached hydrogens (tertiary/aromatic N) is 2. The van der Waals surface area contributed by atoms with Gasteiger partial charge in [0.25, 0.3) is 0 Å². The summed E-state index contributed by atoms with van der Waals surface area (Å²) in [7, 11) is 0. The summed E-state index contributed by atoms with van der Waals surface area (Å²) in [5.41, 5.74) is 2.30. The number of ether oxygens (including phenoxy) is 4. The SMILES string of the molecule is CCCCOc1ccc(CCC2(Cn3ccnc3)OCC(COCc3ccc(Cl)cc3)O2)cc1. The van der Waals surface area contributed by atoms with Crippen LogP contribution in [0.1, 0.15) is 37.3 Å². The van der Waals surface area contributed by atoms with E-state index in [0.717, 1.165) is 48.6 Å². The van der Waals surface area contributed by atoms with Crippen LogP contribution in [0.15, 0.2) is 67.3 Å². The van der Waals surface area contributed by atoms with Crippen molar-refractivity contribution in [3.8, 4) is 5.75 Å². The molecule has 3 aromatic rings. The third-order valence-corrected chi connectivity index (χ3v) is 6.12. The normalized spacial score (nSPS) is 20.0. The third kappa shape index (κ3) is 7.31. The Balaban J connectivity index is 1.31. The van der Waals surface area contributed by atoms with E-state index in [0.29, 0.717) is 26.4 Å². The lowest BCUT2D eigenvalue weighted by atomic mass is 10.0. The third-order valence-electron chi connectivity index (χ3n) is 5.87. The number of unbranched alkanes of at least 4 members (excludes halogenated alkanes) is 1. The number of hydrogen-bond acceptors (Lipinski definition) is 5. The number of aryl methyl sites for hydroxylation is 1. The molecule has 2 heterocycles. The van der Waals surface area contributed by atoms with Gasteiger partial charge in [0.05, 0.1) is 39.3 Å². The van der Waals surface area contributed by atoms with Crippen LogP contribution in [-0.4, -0.2) is 41.3 Å². The summed E-state index contributed by atoms with van der Waals surface area (Å²) >= 11 is 5.96. The minimum Gasteiger partial charge on any atom is -0.494 e. The molecule has 1 fully saturated rings. The molecule has 2 aromatic carbocycles. The summed E-state index contributed by atoms with van der Waals surface area (Å²) < 4.78 is 26.4. The predicted molar refractivity (Wildman–Crippen MR) is 132 cm³/mol. The smallest absolute Gasteiger partial charge is 0.187 e. The molecule has 1 aliphatic heterocycles. The molecule has 4 rings (SSSR count). The van der Waals surface area contributed by atoms with E-state index in [9.17, 15) is 0 Å². The molecule has 1 saturated heterocycles. The molecule has 2 atom stereocenters. The summed E-state index contributed by atoms with van der Waals surface area (Å²) in [6.07, 6.45) is 9.14. The summed E-state index contributed by atoms with van der Waals surface area (Å²) in [4.78, 5) is 4.17. The van der Waals surface area contributed by atoms with E-state index in [2.05, 4.69) is 24.0 Å². The van der Waals surface area contributed by atoms with Crippen molar-refractivity contribution < 1.29 is 18.9 Å². The predicted octanol–water partition coefficient (Wildman–Crippen LogP) is 5.68. The van der Waals surface area contributed by atoms with Gasteiger partial charge in [-0.25, -0.2) is 4.98 Å². The molecule has 1 aliphatic rings. The fraction of sp³-hybridized carbons (Fsp3) is 0.444. The largest absolute Gasteiger partial charge is 0.494 e. The molecule has 0 bridgehead atoms. The van der Waals surface area contributed by atoms with Gasteiger partial charge in [-0.3, -0.25) is 0 Å². The molecule has 0 spiro atoms. The molecule has 7 heteroatoms. The monoisotopic (exact) mass is 484 g/mol. The lowest BCUT2D eigenvalue weighted by Crippen LogP contribution is -2.37. The van der Waals surface area contributed by atoms with E-state index >= 15 is 0 Å². The Labute approximate surface area is 206 Å². The zero-order valence-corrected chi connectivity index (χ0v) is 20.5. The zero-order valence-electron chi connectivity index (χ0n) is 19.7. The molecular formula is C27H33ClN2O4. The minimum atomic E-state index is -0.717. The van der Waals surface area contributed by atoms with Crippen molar-refractivity contribution in [2.75, 3.05) is 19.8 Å². The van der Waals surface area contributed by atoms with Crippen LogP contribution >= 0.6 is 11.6 Å². The van der Waals surface area contributed by atoms with Crippen molar-refractivity contribution in [1.82, 2.24) is 9.55 Å². The average Bonchev–Trinajstić information content (AvgIpc) is 3.51. The van der Waals surface area contributed by atoms with Gasteiger partial charge in [-0.2, -0.15) is 0 Å². The van der Waals surface area contributed by atoms with Gasteiger partial charge in [0.2, 0.25) is 0 Å². The molecule has 34 heavy (non-hydrogen) atoms. The van der Waals surface area contributed by atoms with Crippen molar-refractivity contribution in [3.63, 3.8) is 0 Å². The first-order valence-electron chi connectivity index (χ1n) is 12.0. The van der Waals surface area contributed by atoms with Gasteiger partial charge in [0.1, 0.15) is 11.9 Å². The standard InChI is InChI=1S/C27H33ClN2O4/c1-2-3-16-32-25-10-6-22(7-11-25)12-13-27(20-30-15-14-29-21-30)33-19-26(34-27)18-31-17-23-4-8-24(28)9-5-23/h4-11,14-15,21,26H,2-3,12-13,16-20H2,1H3. The van der Waals surface area contributed by atoms with Gasteiger partial charge in [-0.05, 0) is 48.2 Å². The van der Waals surface area contributed by atoms with E-state index in [4.69, 9.17) is 30.5 Å². The second-order valence-corrected chi connectivity index (χ2v) is 9.12. The van der Waals surface area contributed by atoms with Gasteiger partial charge in [-0.15, -0.1) is 0 Å². The molecule has 0 aliphatic carbocycles. The highest BCUT2D eigenvalue weighted by atomic mass is 35.5. The summed E-state index contributed by atoms with van der Waals surface area (Å²) in [5, 5.41) is 0.722. The number of hydrogen-bond donors (Lipinski definition) is 0. The fourth-order valence-corrected chi connectivity index (χ4v) is 4.09. The van der Waals surface area contributed by atoms with Crippen LogP contribution in [0, 0.1) is 0 Å². The highest BCUT2D eigenvalue weighted by Gasteiger charge is 2.41. The van der Waals surface area contributed by atoms with Crippen LogP contribution in [0.5, 0.6) is 5.75 Å². The van der Waals surface area contributed by atoms with Crippen LogP contribution in [0.3, 0.4) is 0 Å². The van der Waals surface area contributed by atoms with Crippen LogP contribution < -0.4 is 4.74 Å². The van der Waals surface area contributed by atoms with Crippen LogP contribution in [0.25, 0.3) is 0 Å². The lowest BCUT2D eigenvalue weighted by molar-refractivity contribution is -0.187. The van der Waals surface area contributed by atoms with Crippen molar-refractivity contribution in [2.45, 2.75) is 57.6 Å². The molecule has 182 valence electrons. The Kier molecular flexibility index (Phi) is 8.99. The van der Waals surface area contributed by atoms with Crippen LogP contribution in [-0.2, 0) is 33.8 Å². The Bertz CT molecular complexity index is 979. The Morgan fingerprint density at radius 1 is 1.12 bits per heavy atom. The van der Waals surface area contributed by atoms with E-state index in [1.54, 1.807) is 12.5 Å². The lowest BCUT2D eigenvalue weighted by Gasteiger charge is -2.28. The molecule has 6 nitrogen and oxygen atoms in total. The van der Waals surface area contributed by atoms with Crippen molar-refractivity contribution in [3.05, 3.63) is 83.4 Å². The Morgan fingerprint density at radius 2 is 1.91 bits per heavy atom. The first kappa shape index (κ1) is 24.7.